The molecule has 0 fully saturated rings. The van der Waals surface area contributed by atoms with Crippen molar-refractivity contribution < 1.29 is 14.4 Å². The number of carbonyl (C=O) groups is 3. The normalized spacial score (nSPS) is 17.1. The van der Waals surface area contributed by atoms with Gasteiger partial charge in [-0.1, -0.05) is 50.8 Å². The van der Waals surface area contributed by atoms with Gasteiger partial charge >= 0.3 is 6.03 Å². The SMILES string of the molecule is C=CC(=O)Nc1ccc(C(=O)NC2=NCC3=C2CN(C(=O)N[C@H](CN(C)C)c2ccccc2)[C@H]3C(C)C)cc1. The Labute approximate surface area is 229 Å². The van der Waals surface area contributed by atoms with Crippen molar-refractivity contribution in [3.05, 3.63) is 89.5 Å². The number of aliphatic imine (C=N–C) groups is 1. The van der Waals surface area contributed by atoms with Gasteiger partial charge in [-0.15, -0.1) is 0 Å². The molecule has 4 rings (SSSR count). The fraction of sp³-hybridized carbons (Fsp3) is 0.333. The molecule has 2 heterocycles. The van der Waals surface area contributed by atoms with Gasteiger partial charge in [-0.25, -0.2) is 4.79 Å². The summed E-state index contributed by atoms with van der Waals surface area (Å²) < 4.78 is 0. The summed E-state index contributed by atoms with van der Waals surface area (Å²) in [6, 6.07) is 16.1. The summed E-state index contributed by atoms with van der Waals surface area (Å²) in [5.41, 5.74) is 4.02. The molecule has 0 unspecified atom stereocenters. The van der Waals surface area contributed by atoms with Gasteiger partial charge in [0, 0.05) is 23.4 Å². The lowest BCUT2D eigenvalue weighted by Gasteiger charge is -2.32. The Hall–Kier alpha value is -4.24. The van der Waals surface area contributed by atoms with Crippen LogP contribution in [-0.2, 0) is 4.79 Å². The predicted molar refractivity (Wildman–Crippen MR) is 154 cm³/mol. The first-order chi connectivity index (χ1) is 18.7. The second kappa shape index (κ2) is 12.1. The fourth-order valence-corrected chi connectivity index (χ4v) is 5.08. The lowest BCUT2D eigenvalue weighted by molar-refractivity contribution is -0.111. The molecule has 2 aliphatic heterocycles. The van der Waals surface area contributed by atoms with Crippen molar-refractivity contribution in [2.75, 3.05) is 39.0 Å². The molecule has 0 saturated heterocycles. The lowest BCUT2D eigenvalue weighted by atomic mass is 9.96. The van der Waals surface area contributed by atoms with E-state index in [0.29, 0.717) is 36.7 Å². The van der Waals surface area contributed by atoms with Crippen LogP contribution in [0.3, 0.4) is 0 Å². The van der Waals surface area contributed by atoms with Gasteiger partial charge in [0.2, 0.25) is 5.91 Å². The molecule has 2 atom stereocenters. The van der Waals surface area contributed by atoms with E-state index in [2.05, 4.69) is 46.3 Å². The van der Waals surface area contributed by atoms with Crippen LogP contribution in [0.5, 0.6) is 0 Å². The Bertz CT molecular complexity index is 1300. The van der Waals surface area contributed by atoms with E-state index in [1.165, 1.54) is 6.08 Å². The highest BCUT2D eigenvalue weighted by atomic mass is 16.2. The van der Waals surface area contributed by atoms with E-state index < -0.39 is 0 Å². The maximum Gasteiger partial charge on any atom is 0.318 e. The summed E-state index contributed by atoms with van der Waals surface area (Å²) in [6.07, 6.45) is 1.18. The van der Waals surface area contributed by atoms with Crippen LogP contribution in [-0.4, -0.2) is 73.3 Å². The molecular formula is C30H36N6O3. The van der Waals surface area contributed by atoms with Crippen molar-refractivity contribution in [1.82, 2.24) is 20.4 Å². The van der Waals surface area contributed by atoms with Crippen LogP contribution >= 0.6 is 0 Å². The van der Waals surface area contributed by atoms with E-state index in [1.54, 1.807) is 24.3 Å². The standard InChI is InChI=1S/C30H36N6O3/c1-6-26(37)32-22-14-12-21(13-15-22)29(38)34-28-24-17-36(27(19(2)3)23(24)16-31-28)30(39)33-25(18-35(4)5)20-10-8-7-9-11-20/h6-15,19,25,27H,1,16-18H2,2-5H3,(H,32,37)(H,33,39)(H,31,34,38)/t25-,27+/m1/s1. The topological polar surface area (TPSA) is 106 Å². The molecule has 0 radical (unpaired) electrons. The van der Waals surface area contributed by atoms with E-state index >= 15 is 0 Å². The van der Waals surface area contributed by atoms with Crippen LogP contribution in [0.1, 0.15) is 35.8 Å². The number of benzene rings is 2. The van der Waals surface area contributed by atoms with Gasteiger partial charge in [0.05, 0.1) is 25.2 Å². The number of hydrogen-bond donors (Lipinski definition) is 3. The smallest absolute Gasteiger partial charge is 0.318 e. The van der Waals surface area contributed by atoms with Crippen molar-refractivity contribution in [3.63, 3.8) is 0 Å². The quantitative estimate of drug-likeness (QED) is 0.455. The van der Waals surface area contributed by atoms with Crippen molar-refractivity contribution in [3.8, 4) is 0 Å². The molecule has 9 nitrogen and oxygen atoms in total. The zero-order valence-corrected chi connectivity index (χ0v) is 22.9. The zero-order valence-electron chi connectivity index (χ0n) is 22.9. The zero-order chi connectivity index (χ0) is 28.1. The minimum absolute atomic E-state index is 0.110. The van der Waals surface area contributed by atoms with E-state index in [4.69, 9.17) is 0 Å². The van der Waals surface area contributed by atoms with Gasteiger partial charge in [-0.2, -0.15) is 0 Å². The first-order valence-corrected chi connectivity index (χ1v) is 13.1. The minimum Gasteiger partial charge on any atom is -0.330 e. The third kappa shape index (κ3) is 6.43. The number of hydrogen-bond acceptors (Lipinski definition) is 5. The third-order valence-corrected chi connectivity index (χ3v) is 6.87. The van der Waals surface area contributed by atoms with Crippen LogP contribution in [0, 0.1) is 5.92 Å². The monoisotopic (exact) mass is 528 g/mol. The van der Waals surface area contributed by atoms with Crippen molar-refractivity contribution in [2.45, 2.75) is 25.9 Å². The predicted octanol–water partition coefficient (Wildman–Crippen LogP) is 3.60. The van der Waals surface area contributed by atoms with E-state index in [9.17, 15) is 14.4 Å². The van der Waals surface area contributed by atoms with Crippen LogP contribution in [0.2, 0.25) is 0 Å². The molecule has 3 N–H and O–H groups in total. The van der Waals surface area contributed by atoms with Gasteiger partial charge in [-0.3, -0.25) is 14.6 Å². The van der Waals surface area contributed by atoms with Gasteiger partial charge in [0.15, 0.2) is 0 Å². The Morgan fingerprint density at radius 3 is 2.38 bits per heavy atom. The molecular weight excluding hydrogens is 492 g/mol. The molecule has 2 aromatic rings. The Kier molecular flexibility index (Phi) is 8.61. The van der Waals surface area contributed by atoms with Crippen molar-refractivity contribution in [1.29, 1.82) is 0 Å². The summed E-state index contributed by atoms with van der Waals surface area (Å²) in [5, 5.41) is 8.83. The number of nitrogens with zero attached hydrogens (tertiary/aromatic N) is 3. The number of urea groups is 1. The van der Waals surface area contributed by atoms with Gasteiger partial charge in [0.25, 0.3) is 5.91 Å². The number of amides is 4. The average molecular weight is 529 g/mol. The Balaban J connectivity index is 1.46. The lowest BCUT2D eigenvalue weighted by Crippen LogP contribution is -2.49. The molecule has 4 amide bonds. The van der Waals surface area contributed by atoms with Crippen LogP contribution in [0.25, 0.3) is 0 Å². The van der Waals surface area contributed by atoms with Gasteiger partial charge < -0.3 is 25.8 Å². The highest BCUT2D eigenvalue weighted by molar-refractivity contribution is 6.14. The fourth-order valence-electron chi connectivity index (χ4n) is 5.08. The molecule has 39 heavy (non-hydrogen) atoms. The van der Waals surface area contributed by atoms with Crippen LogP contribution in [0.4, 0.5) is 10.5 Å². The van der Waals surface area contributed by atoms with Crippen molar-refractivity contribution in [2.24, 2.45) is 10.9 Å². The molecule has 0 spiro atoms. The molecule has 0 aliphatic carbocycles. The maximum atomic E-state index is 13.6. The van der Waals surface area contributed by atoms with Crippen LogP contribution in [0.15, 0.2) is 83.4 Å². The summed E-state index contributed by atoms with van der Waals surface area (Å²) in [5.74, 6) is 0.0604. The average Bonchev–Trinajstić information content (AvgIpc) is 3.48. The van der Waals surface area contributed by atoms with Gasteiger partial charge in [0.1, 0.15) is 5.84 Å². The molecule has 2 aliphatic rings. The van der Waals surface area contributed by atoms with Gasteiger partial charge in [-0.05, 0) is 61.5 Å². The molecule has 0 aromatic heterocycles. The molecule has 9 heteroatoms. The Morgan fingerprint density at radius 1 is 1.08 bits per heavy atom. The van der Waals surface area contributed by atoms with E-state index in [1.807, 2.05) is 49.3 Å². The number of likely N-dealkylation sites (N-methyl/N-ethyl adjacent to an activating group) is 1. The highest BCUT2D eigenvalue weighted by Crippen LogP contribution is 2.34. The summed E-state index contributed by atoms with van der Waals surface area (Å²) >= 11 is 0. The number of amidine groups is 1. The number of nitrogens with one attached hydrogen (secondary N) is 3. The first-order valence-electron chi connectivity index (χ1n) is 13.1. The first kappa shape index (κ1) is 27.8. The second-order valence-corrected chi connectivity index (χ2v) is 10.4. The van der Waals surface area contributed by atoms with Crippen LogP contribution < -0.4 is 16.0 Å². The number of anilines is 1. The molecule has 2 aromatic carbocycles. The summed E-state index contributed by atoms with van der Waals surface area (Å²) in [6.45, 7) is 9.12. The third-order valence-electron chi connectivity index (χ3n) is 6.87. The summed E-state index contributed by atoms with van der Waals surface area (Å²) in [7, 11) is 3.97. The molecule has 204 valence electrons. The molecule has 0 bridgehead atoms. The number of rotatable bonds is 8. The summed E-state index contributed by atoms with van der Waals surface area (Å²) in [4.78, 5) is 46.7. The van der Waals surface area contributed by atoms with Crippen molar-refractivity contribution >= 4 is 29.4 Å². The Morgan fingerprint density at radius 2 is 1.77 bits per heavy atom. The highest BCUT2D eigenvalue weighted by Gasteiger charge is 2.42. The maximum absolute atomic E-state index is 13.6. The number of carbonyl (C=O) groups excluding carboxylic acids is 3. The largest absolute Gasteiger partial charge is 0.330 e. The second-order valence-electron chi connectivity index (χ2n) is 10.4. The van der Waals surface area contributed by atoms with E-state index in [-0.39, 0.29) is 35.8 Å². The van der Waals surface area contributed by atoms with E-state index in [0.717, 1.165) is 16.7 Å². The molecule has 0 saturated carbocycles. The minimum atomic E-state index is -0.321.